The van der Waals surface area contributed by atoms with Crippen molar-refractivity contribution in [2.24, 2.45) is 5.92 Å². The van der Waals surface area contributed by atoms with Crippen LogP contribution >= 0.6 is 0 Å². The molecule has 1 aliphatic heterocycles. The molecule has 1 heterocycles. The molecule has 78 heavy (non-hydrogen) atoms. The maximum atomic E-state index is 14.7. The summed E-state index contributed by atoms with van der Waals surface area (Å²) in [5, 5.41) is 25.1. The predicted molar refractivity (Wildman–Crippen MR) is 309 cm³/mol. The van der Waals surface area contributed by atoms with Crippen LogP contribution in [0.15, 0.2) is 91.0 Å². The second kappa shape index (κ2) is 41.4. The van der Waals surface area contributed by atoms with Crippen molar-refractivity contribution in [3.05, 3.63) is 108 Å². The Kier molecular flexibility index (Phi) is 34.9. The van der Waals surface area contributed by atoms with E-state index in [1.54, 1.807) is 0 Å². The van der Waals surface area contributed by atoms with Gasteiger partial charge in [0.1, 0.15) is 30.4 Å². The van der Waals surface area contributed by atoms with E-state index in [1.165, 1.54) is 116 Å². The zero-order valence-corrected chi connectivity index (χ0v) is 48.0. The SMILES string of the molecule is CCCCCCCCCCCCCCC(CCCCCCCCCCCCCC)C(=O)N[C@H](CO[C@@H]1O[C@@H](C)[C@@H](OCc2ccccc2)[C@@H](OCc2ccccc2)[C@@H]1OCc1ccccc1)C(=O)N[C@H](CCC(=O)O)C(=O)O. The molecule has 1 saturated heterocycles. The van der Waals surface area contributed by atoms with Crippen molar-refractivity contribution in [2.75, 3.05) is 6.61 Å². The first-order chi connectivity index (χ1) is 38.1. The van der Waals surface area contributed by atoms with Gasteiger partial charge < -0.3 is 44.5 Å². The van der Waals surface area contributed by atoms with Gasteiger partial charge in [-0.05, 0) is 42.9 Å². The van der Waals surface area contributed by atoms with Gasteiger partial charge in [0.05, 0.1) is 32.5 Å². The fraction of sp³-hybridized carbons (Fsp3) is 0.662. The smallest absolute Gasteiger partial charge is 0.326 e. The zero-order chi connectivity index (χ0) is 55.8. The number of amides is 2. The Morgan fingerprint density at radius 2 is 0.833 bits per heavy atom. The van der Waals surface area contributed by atoms with Crippen LogP contribution in [0.2, 0.25) is 0 Å². The number of benzene rings is 3. The molecule has 0 radical (unpaired) electrons. The number of hydrogen-bond acceptors (Lipinski definition) is 9. The molecule has 0 unspecified atom stereocenters. The third kappa shape index (κ3) is 28.0. The van der Waals surface area contributed by atoms with Crippen LogP contribution in [-0.2, 0) is 62.7 Å². The first-order valence-electron chi connectivity index (χ1n) is 30.4. The molecule has 0 aromatic heterocycles. The minimum atomic E-state index is -1.52. The van der Waals surface area contributed by atoms with Gasteiger partial charge in [-0.3, -0.25) is 14.4 Å². The molecule has 2 amide bonds. The lowest BCUT2D eigenvalue weighted by Crippen LogP contribution is -2.61. The highest BCUT2D eigenvalue weighted by Gasteiger charge is 2.48. The molecule has 4 rings (SSSR count). The number of aliphatic carboxylic acids is 2. The first-order valence-corrected chi connectivity index (χ1v) is 30.4. The molecular formula is C65H100N2O11. The van der Waals surface area contributed by atoms with Crippen LogP contribution in [0, 0.1) is 5.92 Å². The molecule has 3 aromatic carbocycles. The molecule has 436 valence electrons. The van der Waals surface area contributed by atoms with Gasteiger partial charge in [0, 0.05) is 12.3 Å². The Morgan fingerprint density at radius 3 is 1.23 bits per heavy atom. The van der Waals surface area contributed by atoms with E-state index in [2.05, 4.69) is 24.5 Å². The average Bonchev–Trinajstić information content (AvgIpc) is 3.47. The van der Waals surface area contributed by atoms with Crippen LogP contribution in [0.5, 0.6) is 0 Å². The summed E-state index contributed by atoms with van der Waals surface area (Å²) in [5.74, 6) is -4.05. The highest BCUT2D eigenvalue weighted by atomic mass is 16.7. The predicted octanol–water partition coefficient (Wildman–Crippen LogP) is 14.2. The lowest BCUT2D eigenvalue weighted by atomic mass is 9.92. The first kappa shape index (κ1) is 65.9. The van der Waals surface area contributed by atoms with Crippen LogP contribution in [0.3, 0.4) is 0 Å². The molecule has 7 atom stereocenters. The Hall–Kier alpha value is -4.66. The van der Waals surface area contributed by atoms with Gasteiger partial charge in [0.15, 0.2) is 6.29 Å². The molecule has 1 fully saturated rings. The molecule has 0 aliphatic carbocycles. The van der Waals surface area contributed by atoms with Gasteiger partial charge in [-0.1, -0.05) is 259 Å². The second-order valence-corrected chi connectivity index (χ2v) is 21.8. The van der Waals surface area contributed by atoms with E-state index in [1.807, 2.05) is 97.9 Å². The highest BCUT2D eigenvalue weighted by Crippen LogP contribution is 2.32. The number of ether oxygens (including phenoxy) is 5. The number of hydrogen-bond donors (Lipinski definition) is 4. The topological polar surface area (TPSA) is 179 Å². The Bertz CT molecular complexity index is 1980. The minimum absolute atomic E-state index is 0.171. The molecular weight excluding hydrogens is 985 g/mol. The van der Waals surface area contributed by atoms with Crippen molar-refractivity contribution in [2.45, 2.75) is 263 Å². The maximum Gasteiger partial charge on any atom is 0.326 e. The second-order valence-electron chi connectivity index (χ2n) is 21.8. The van der Waals surface area contributed by atoms with Crippen molar-refractivity contribution < 1.29 is 53.1 Å². The number of nitrogens with one attached hydrogen (secondary N) is 2. The maximum absolute atomic E-state index is 14.7. The van der Waals surface area contributed by atoms with Crippen molar-refractivity contribution in [3.8, 4) is 0 Å². The van der Waals surface area contributed by atoms with Crippen LogP contribution in [-0.4, -0.2) is 83.4 Å². The van der Waals surface area contributed by atoms with Gasteiger partial charge >= 0.3 is 11.9 Å². The van der Waals surface area contributed by atoms with E-state index in [0.717, 1.165) is 55.2 Å². The Morgan fingerprint density at radius 1 is 0.462 bits per heavy atom. The van der Waals surface area contributed by atoms with Gasteiger partial charge in [-0.2, -0.15) is 0 Å². The zero-order valence-electron chi connectivity index (χ0n) is 48.0. The Balaban J connectivity index is 1.54. The van der Waals surface area contributed by atoms with Crippen LogP contribution < -0.4 is 10.6 Å². The van der Waals surface area contributed by atoms with E-state index in [4.69, 9.17) is 23.7 Å². The van der Waals surface area contributed by atoms with Crippen molar-refractivity contribution in [1.82, 2.24) is 10.6 Å². The van der Waals surface area contributed by atoms with Crippen molar-refractivity contribution >= 4 is 23.8 Å². The number of carboxylic acids is 2. The quantitative estimate of drug-likeness (QED) is 0.0396. The van der Waals surface area contributed by atoms with Gasteiger partial charge in [-0.25, -0.2) is 4.79 Å². The number of rotatable bonds is 46. The third-order valence-electron chi connectivity index (χ3n) is 15.1. The molecule has 13 nitrogen and oxygen atoms in total. The highest BCUT2D eigenvalue weighted by molar-refractivity contribution is 5.91. The summed E-state index contributed by atoms with van der Waals surface area (Å²) in [6.07, 6.45) is 25.5. The number of carbonyl (C=O) groups excluding carboxylic acids is 2. The summed E-state index contributed by atoms with van der Waals surface area (Å²) in [4.78, 5) is 53.1. The molecule has 0 bridgehead atoms. The van der Waals surface area contributed by atoms with Crippen molar-refractivity contribution in [3.63, 3.8) is 0 Å². The fourth-order valence-electron chi connectivity index (χ4n) is 10.3. The largest absolute Gasteiger partial charge is 0.481 e. The molecule has 0 saturated carbocycles. The summed E-state index contributed by atoms with van der Waals surface area (Å²) in [7, 11) is 0. The molecule has 4 N–H and O–H groups in total. The molecule has 13 heteroatoms. The molecule has 3 aromatic rings. The van der Waals surface area contributed by atoms with Crippen molar-refractivity contribution in [1.29, 1.82) is 0 Å². The lowest BCUT2D eigenvalue weighted by Gasteiger charge is -2.45. The van der Waals surface area contributed by atoms with Gasteiger partial charge in [0.25, 0.3) is 0 Å². The summed E-state index contributed by atoms with van der Waals surface area (Å²) in [5.41, 5.74) is 2.81. The monoisotopic (exact) mass is 1080 g/mol. The van der Waals surface area contributed by atoms with Crippen LogP contribution in [0.1, 0.15) is 217 Å². The molecule has 0 spiro atoms. The van der Waals surface area contributed by atoms with E-state index in [9.17, 15) is 29.4 Å². The van der Waals surface area contributed by atoms with Gasteiger partial charge in [-0.15, -0.1) is 0 Å². The summed E-state index contributed by atoms with van der Waals surface area (Å²) in [6, 6.07) is 26.4. The lowest BCUT2D eigenvalue weighted by molar-refractivity contribution is -0.320. The minimum Gasteiger partial charge on any atom is -0.481 e. The third-order valence-corrected chi connectivity index (χ3v) is 15.1. The summed E-state index contributed by atoms with van der Waals surface area (Å²) in [6.45, 7) is 6.65. The van der Waals surface area contributed by atoms with E-state index in [-0.39, 0.29) is 38.1 Å². The summed E-state index contributed by atoms with van der Waals surface area (Å²) < 4.78 is 33.4. The van der Waals surface area contributed by atoms with Gasteiger partial charge in [0.2, 0.25) is 11.8 Å². The standard InChI is InChI=1S/C65H100N2O11/c1-4-6-8-10-12-14-16-18-20-22-24-35-43-55(44-36-25-23-21-19-17-15-13-11-9-7-5-2)62(70)67-57(63(71)66-56(64(72)73)45-46-58(68)69)50-77-65-61(76-49-54-41-33-28-34-42-54)60(75-48-53-39-31-27-32-40-53)59(51(3)78-65)74-47-52-37-29-26-30-38-52/h26-34,37-42,51,55-57,59-61,65H,4-25,35-36,43-50H2,1-3H3,(H,66,71)(H,67,70)(H,68,69)(H,72,73)/t51-,56+,57+,59+,60+,61-,65+/m0/s1. The number of carboxylic acid groups (broad SMARTS) is 2. The fourth-order valence-corrected chi connectivity index (χ4v) is 10.3. The normalized spacial score (nSPS) is 18.1. The number of carbonyl (C=O) groups is 4. The van der Waals surface area contributed by atoms with Crippen LogP contribution in [0.4, 0.5) is 0 Å². The molecule has 1 aliphatic rings. The average molecular weight is 1090 g/mol. The Labute approximate surface area is 469 Å². The number of unbranched alkanes of at least 4 members (excludes halogenated alkanes) is 22. The van der Waals surface area contributed by atoms with E-state index >= 15 is 0 Å². The summed E-state index contributed by atoms with van der Waals surface area (Å²) >= 11 is 0. The van der Waals surface area contributed by atoms with E-state index in [0.29, 0.717) is 12.8 Å². The van der Waals surface area contributed by atoms with Crippen LogP contribution in [0.25, 0.3) is 0 Å². The van der Waals surface area contributed by atoms with E-state index < -0.39 is 73.7 Å².